The number of nitrogens with zero attached hydrogens (tertiary/aromatic N) is 3. The fourth-order valence-electron chi connectivity index (χ4n) is 2.79. The lowest BCUT2D eigenvalue weighted by molar-refractivity contribution is -0.141. The molecule has 0 N–H and O–H groups in total. The molecule has 0 radical (unpaired) electrons. The van der Waals surface area contributed by atoms with E-state index in [1.165, 1.54) is 24.9 Å². The third-order valence-electron chi connectivity index (χ3n) is 4.17. The second-order valence-electron chi connectivity index (χ2n) is 6.58. The summed E-state index contributed by atoms with van der Waals surface area (Å²) < 4.78 is 68.1. The number of rotatable bonds is 5. The molecule has 0 amide bonds. The molecule has 1 unspecified atom stereocenters. The summed E-state index contributed by atoms with van der Waals surface area (Å²) in [5, 5.41) is 7.02. The number of hydrogen-bond donors (Lipinski definition) is 0. The maximum absolute atomic E-state index is 13.7. The first-order valence-corrected chi connectivity index (χ1v) is 9.61. The van der Waals surface area contributed by atoms with Crippen LogP contribution in [0.4, 0.5) is 22.0 Å². The van der Waals surface area contributed by atoms with Crippen LogP contribution in [0.2, 0.25) is 5.15 Å². The van der Waals surface area contributed by atoms with Crippen molar-refractivity contribution in [3.63, 3.8) is 0 Å². The van der Waals surface area contributed by atoms with Crippen molar-refractivity contribution in [3.8, 4) is 0 Å². The number of thioether (sulfide) groups is 1. The summed E-state index contributed by atoms with van der Waals surface area (Å²) in [6, 6.07) is 3.60. The Morgan fingerprint density at radius 3 is 2.54 bits per heavy atom. The molecule has 4 nitrogen and oxygen atoms in total. The lowest BCUT2D eigenvalue weighted by atomic mass is 9.98. The third-order valence-corrected chi connectivity index (χ3v) is 5.91. The molecule has 11 heteroatoms. The van der Waals surface area contributed by atoms with E-state index >= 15 is 0 Å². The highest BCUT2D eigenvalue weighted by Gasteiger charge is 2.44. The highest BCUT2D eigenvalue weighted by Crippen LogP contribution is 2.39. The highest BCUT2D eigenvalue weighted by molar-refractivity contribution is 7.98. The standard InChI is InChI=1S/C17H15ClF5N3OS/c1-16(8-28-7-9-10(19)4-3-5-11(9)20)6-12(25-27-16)13-14(17(21,22)23)24-26(2)15(13)18/h3-5H,6-8H2,1-2H3. The Bertz CT molecular complexity index is 910. The maximum atomic E-state index is 13.7. The van der Waals surface area contributed by atoms with E-state index in [1.807, 2.05) is 0 Å². The quantitative estimate of drug-likeness (QED) is 0.602. The van der Waals surface area contributed by atoms with Gasteiger partial charge in [-0.2, -0.15) is 30.0 Å². The number of aryl methyl sites for hydroxylation is 1. The zero-order valence-corrected chi connectivity index (χ0v) is 16.4. The molecule has 0 saturated carbocycles. The van der Waals surface area contributed by atoms with Gasteiger partial charge < -0.3 is 4.84 Å². The van der Waals surface area contributed by atoms with Gasteiger partial charge in [-0.15, -0.1) is 0 Å². The molecule has 0 bridgehead atoms. The van der Waals surface area contributed by atoms with Crippen molar-refractivity contribution < 1.29 is 26.8 Å². The van der Waals surface area contributed by atoms with Gasteiger partial charge in [0.25, 0.3) is 0 Å². The summed E-state index contributed by atoms with van der Waals surface area (Å²) in [4.78, 5) is 5.35. The maximum Gasteiger partial charge on any atom is 0.435 e. The molecule has 1 aromatic heterocycles. The van der Waals surface area contributed by atoms with Gasteiger partial charge in [0.05, 0.1) is 11.3 Å². The van der Waals surface area contributed by atoms with Crippen molar-refractivity contribution in [1.82, 2.24) is 9.78 Å². The summed E-state index contributed by atoms with van der Waals surface area (Å²) in [6.07, 6.45) is -4.65. The van der Waals surface area contributed by atoms with E-state index in [4.69, 9.17) is 16.4 Å². The van der Waals surface area contributed by atoms with Gasteiger partial charge in [-0.3, -0.25) is 4.68 Å². The first kappa shape index (κ1) is 20.9. The van der Waals surface area contributed by atoms with Crippen LogP contribution in [0.5, 0.6) is 0 Å². The minimum absolute atomic E-state index is 0.0330. The first-order chi connectivity index (χ1) is 13.0. The largest absolute Gasteiger partial charge is 0.435 e. The molecule has 28 heavy (non-hydrogen) atoms. The molecular formula is C17H15ClF5N3OS. The SMILES string of the molecule is Cn1nc(C(F)(F)F)c(C2=NOC(C)(CSCc3c(F)cccc3F)C2)c1Cl. The summed E-state index contributed by atoms with van der Waals surface area (Å²) in [5.41, 5.74) is -2.42. The lowest BCUT2D eigenvalue weighted by Crippen LogP contribution is -2.28. The lowest BCUT2D eigenvalue weighted by Gasteiger charge is -2.21. The Morgan fingerprint density at radius 2 is 1.93 bits per heavy atom. The van der Waals surface area contributed by atoms with Gasteiger partial charge in [-0.1, -0.05) is 22.8 Å². The molecule has 1 aliphatic heterocycles. The van der Waals surface area contributed by atoms with Crippen molar-refractivity contribution >= 4 is 29.1 Å². The zero-order valence-electron chi connectivity index (χ0n) is 14.8. The number of oxime groups is 1. The average molecular weight is 440 g/mol. The molecule has 1 aromatic carbocycles. The average Bonchev–Trinajstić information content (AvgIpc) is 3.11. The van der Waals surface area contributed by atoms with Crippen molar-refractivity contribution in [2.75, 3.05) is 5.75 Å². The van der Waals surface area contributed by atoms with Gasteiger partial charge in [0.15, 0.2) is 5.69 Å². The summed E-state index contributed by atoms with van der Waals surface area (Å²) in [6.45, 7) is 1.66. The topological polar surface area (TPSA) is 39.4 Å². The molecule has 1 atom stereocenters. The van der Waals surface area contributed by atoms with Crippen LogP contribution in [0.1, 0.15) is 30.2 Å². The molecule has 0 spiro atoms. The monoisotopic (exact) mass is 439 g/mol. The molecule has 3 rings (SSSR count). The number of halogens is 6. The van der Waals surface area contributed by atoms with Gasteiger partial charge in [0, 0.05) is 30.5 Å². The van der Waals surface area contributed by atoms with Crippen LogP contribution in [-0.4, -0.2) is 26.8 Å². The van der Waals surface area contributed by atoms with E-state index in [-0.39, 0.29) is 39.9 Å². The van der Waals surface area contributed by atoms with E-state index in [9.17, 15) is 22.0 Å². The van der Waals surface area contributed by atoms with Crippen LogP contribution in [0, 0.1) is 11.6 Å². The normalized spacial score (nSPS) is 19.6. The Morgan fingerprint density at radius 1 is 1.29 bits per heavy atom. The van der Waals surface area contributed by atoms with Gasteiger partial charge >= 0.3 is 6.18 Å². The predicted molar refractivity (Wildman–Crippen MR) is 96.4 cm³/mol. The van der Waals surface area contributed by atoms with Gasteiger partial charge in [0.2, 0.25) is 0 Å². The third kappa shape index (κ3) is 4.12. The molecule has 2 heterocycles. The molecule has 0 fully saturated rings. The molecular weight excluding hydrogens is 425 g/mol. The fourth-order valence-corrected chi connectivity index (χ4v) is 4.20. The predicted octanol–water partition coefficient (Wildman–Crippen LogP) is 5.19. The van der Waals surface area contributed by atoms with Crippen molar-refractivity contribution in [1.29, 1.82) is 0 Å². The molecule has 2 aromatic rings. The Hall–Kier alpha value is -1.81. The van der Waals surface area contributed by atoms with Crippen molar-refractivity contribution in [2.24, 2.45) is 12.2 Å². The Balaban J connectivity index is 1.71. The number of hydrogen-bond acceptors (Lipinski definition) is 4. The molecule has 1 aliphatic rings. The Kier molecular flexibility index (Phi) is 5.64. The van der Waals surface area contributed by atoms with Crippen LogP contribution < -0.4 is 0 Å². The van der Waals surface area contributed by atoms with E-state index in [2.05, 4.69) is 10.3 Å². The first-order valence-electron chi connectivity index (χ1n) is 8.07. The molecule has 0 aliphatic carbocycles. The Labute approximate surface area is 166 Å². The van der Waals surface area contributed by atoms with Crippen LogP contribution in [0.15, 0.2) is 23.4 Å². The second kappa shape index (κ2) is 7.55. The number of alkyl halides is 3. The summed E-state index contributed by atoms with van der Waals surface area (Å²) in [5.74, 6) is -1.00. The van der Waals surface area contributed by atoms with Crippen LogP contribution in [0.25, 0.3) is 0 Å². The highest BCUT2D eigenvalue weighted by atomic mass is 35.5. The minimum atomic E-state index is -4.70. The van der Waals surface area contributed by atoms with Gasteiger partial charge in [-0.25, -0.2) is 8.78 Å². The second-order valence-corrected chi connectivity index (χ2v) is 7.93. The van der Waals surface area contributed by atoms with Crippen molar-refractivity contribution in [2.45, 2.75) is 30.9 Å². The minimum Gasteiger partial charge on any atom is -0.388 e. The van der Waals surface area contributed by atoms with Crippen LogP contribution in [0.3, 0.4) is 0 Å². The summed E-state index contributed by atoms with van der Waals surface area (Å²) in [7, 11) is 1.30. The fraction of sp³-hybridized carbons (Fsp3) is 0.412. The van der Waals surface area contributed by atoms with E-state index in [0.717, 1.165) is 16.8 Å². The molecule has 152 valence electrons. The van der Waals surface area contributed by atoms with Crippen LogP contribution >= 0.6 is 23.4 Å². The van der Waals surface area contributed by atoms with Crippen molar-refractivity contribution in [3.05, 3.63) is 51.8 Å². The zero-order chi connectivity index (χ0) is 20.7. The summed E-state index contributed by atoms with van der Waals surface area (Å²) >= 11 is 7.18. The van der Waals surface area contributed by atoms with Gasteiger partial charge in [0.1, 0.15) is 22.4 Å². The van der Waals surface area contributed by atoms with E-state index in [1.54, 1.807) is 6.92 Å². The molecule has 0 saturated heterocycles. The van der Waals surface area contributed by atoms with Gasteiger partial charge in [-0.05, 0) is 19.1 Å². The smallest absolute Gasteiger partial charge is 0.388 e. The number of benzene rings is 1. The van der Waals surface area contributed by atoms with E-state index < -0.39 is 29.1 Å². The number of aromatic nitrogens is 2. The van der Waals surface area contributed by atoms with Crippen LogP contribution in [-0.2, 0) is 23.8 Å². The van der Waals surface area contributed by atoms with E-state index in [0.29, 0.717) is 0 Å².